The highest BCUT2D eigenvalue weighted by Crippen LogP contribution is 2.41. The maximum Gasteiger partial charge on any atom is 0.191 e. The summed E-state index contributed by atoms with van der Waals surface area (Å²) < 4.78 is 5.58. The van der Waals surface area contributed by atoms with Crippen LogP contribution in [-0.4, -0.2) is 21.5 Å². The minimum Gasteiger partial charge on any atom is -0.441 e. The average molecular weight is 462 g/mol. The molecule has 1 aromatic heterocycles. The number of rotatable bonds is 7. The molecule has 1 unspecified atom stereocenters. The number of hydrogen-bond acceptors (Lipinski definition) is 4. The van der Waals surface area contributed by atoms with Crippen LogP contribution in [0.5, 0.6) is 0 Å². The van der Waals surface area contributed by atoms with E-state index in [-0.39, 0.29) is 11.7 Å². The Morgan fingerprint density at radius 3 is 2.15 bits per heavy atom. The molecule has 4 rings (SSSR count). The van der Waals surface area contributed by atoms with Gasteiger partial charge in [-0.3, -0.25) is 4.79 Å². The van der Waals surface area contributed by atoms with Crippen LogP contribution in [0.2, 0.25) is 0 Å². The van der Waals surface area contributed by atoms with Gasteiger partial charge < -0.3 is 9.52 Å². The second-order valence-electron chi connectivity index (χ2n) is 10.3. The van der Waals surface area contributed by atoms with Gasteiger partial charge in [-0.25, -0.2) is 4.98 Å². The third kappa shape index (κ3) is 6.24. The van der Waals surface area contributed by atoms with Crippen LogP contribution in [0.3, 0.4) is 0 Å². The molecule has 3 aromatic rings. The molecule has 34 heavy (non-hydrogen) atoms. The Morgan fingerprint density at radius 2 is 1.71 bits per heavy atom. The van der Waals surface area contributed by atoms with Gasteiger partial charge in [0.05, 0.1) is 11.8 Å². The Bertz CT molecular complexity index is 1100. The highest BCUT2D eigenvalue weighted by Gasteiger charge is 2.36. The Morgan fingerprint density at radius 1 is 1.09 bits per heavy atom. The third-order valence-corrected chi connectivity index (χ3v) is 6.85. The van der Waals surface area contributed by atoms with Gasteiger partial charge in [0.15, 0.2) is 17.4 Å². The molecule has 1 saturated carbocycles. The number of carbonyl (C=O) groups is 1. The van der Waals surface area contributed by atoms with Crippen molar-refractivity contribution in [2.24, 2.45) is 17.8 Å². The number of aryl methyl sites for hydroxylation is 2. The number of aliphatic hydroxyl groups is 1. The van der Waals surface area contributed by atoms with E-state index in [2.05, 4.69) is 18.8 Å². The van der Waals surface area contributed by atoms with Gasteiger partial charge in [-0.2, -0.15) is 0 Å². The SMILES string of the molecule is CC(C1CC1)C(C)(C)O.CCc1cccc(-c2ccc(-c3cnc(C)o3)cc2)c1C(=O)C(C)C. The molecule has 0 aliphatic heterocycles. The van der Waals surface area contributed by atoms with Crippen LogP contribution < -0.4 is 0 Å². The summed E-state index contributed by atoms with van der Waals surface area (Å²) >= 11 is 0. The van der Waals surface area contributed by atoms with E-state index in [1.54, 1.807) is 6.20 Å². The number of oxazole rings is 1. The van der Waals surface area contributed by atoms with Gasteiger partial charge in [0, 0.05) is 24.0 Å². The summed E-state index contributed by atoms with van der Waals surface area (Å²) in [5, 5.41) is 9.50. The molecular weight excluding hydrogens is 422 g/mol. The molecule has 0 amide bonds. The van der Waals surface area contributed by atoms with Crippen molar-refractivity contribution in [3.05, 3.63) is 65.7 Å². The van der Waals surface area contributed by atoms with E-state index in [0.717, 1.165) is 45.9 Å². The number of carbonyl (C=O) groups excluding carboxylic acids is 1. The number of hydrogen-bond donors (Lipinski definition) is 1. The van der Waals surface area contributed by atoms with E-state index in [1.807, 2.05) is 77.1 Å². The number of Topliss-reactive ketones (excluding diaryl/α,β-unsaturated/α-hetero) is 1. The second kappa shape index (κ2) is 10.7. The molecule has 1 aliphatic carbocycles. The summed E-state index contributed by atoms with van der Waals surface area (Å²) in [6.07, 6.45) is 5.23. The van der Waals surface area contributed by atoms with Crippen molar-refractivity contribution < 1.29 is 14.3 Å². The largest absolute Gasteiger partial charge is 0.441 e. The summed E-state index contributed by atoms with van der Waals surface area (Å²) in [7, 11) is 0. The fraction of sp³-hybridized carbons (Fsp3) is 0.467. The van der Waals surface area contributed by atoms with Crippen LogP contribution in [0.1, 0.15) is 76.2 Å². The number of aromatic nitrogens is 1. The van der Waals surface area contributed by atoms with E-state index in [0.29, 0.717) is 11.8 Å². The molecule has 2 aromatic carbocycles. The average Bonchev–Trinajstić information content (AvgIpc) is 3.57. The molecule has 0 bridgehead atoms. The quantitative estimate of drug-likeness (QED) is 0.370. The molecule has 182 valence electrons. The van der Waals surface area contributed by atoms with E-state index in [9.17, 15) is 9.90 Å². The first-order valence-electron chi connectivity index (χ1n) is 12.4. The maximum absolute atomic E-state index is 12.8. The Labute approximate surface area is 204 Å². The lowest BCUT2D eigenvalue weighted by Crippen LogP contribution is -2.29. The van der Waals surface area contributed by atoms with E-state index >= 15 is 0 Å². The van der Waals surface area contributed by atoms with E-state index in [4.69, 9.17) is 4.42 Å². The van der Waals surface area contributed by atoms with Crippen LogP contribution in [0.25, 0.3) is 22.5 Å². The molecule has 0 spiro atoms. The standard InChI is InChI=1S/C22H23NO2.C8H16O/c1-5-16-7-6-8-19(21(16)22(24)14(2)3)17-9-11-18(12-10-17)20-13-23-15(4)25-20;1-6(7-4-5-7)8(2,3)9/h6-14H,5H2,1-4H3;6-7,9H,4-5H2,1-3H3. The minimum atomic E-state index is -0.457. The molecule has 1 heterocycles. The smallest absolute Gasteiger partial charge is 0.191 e. The Hall–Kier alpha value is -2.72. The summed E-state index contributed by atoms with van der Waals surface area (Å²) in [4.78, 5) is 16.9. The molecule has 1 atom stereocenters. The highest BCUT2D eigenvalue weighted by molar-refractivity contribution is 6.04. The minimum absolute atomic E-state index is 0.0251. The van der Waals surface area contributed by atoms with Crippen LogP contribution in [0.4, 0.5) is 0 Å². The number of ketones is 1. The number of nitrogens with zero attached hydrogens (tertiary/aromatic N) is 1. The van der Waals surface area contributed by atoms with Gasteiger partial charge in [0.1, 0.15) is 0 Å². The number of benzene rings is 2. The summed E-state index contributed by atoms with van der Waals surface area (Å²) in [5.41, 5.74) is 4.51. The van der Waals surface area contributed by atoms with Crippen molar-refractivity contribution in [3.8, 4) is 22.5 Å². The van der Waals surface area contributed by atoms with Crippen LogP contribution >= 0.6 is 0 Å². The van der Waals surface area contributed by atoms with Gasteiger partial charge in [0.25, 0.3) is 0 Å². The zero-order chi connectivity index (χ0) is 25.0. The van der Waals surface area contributed by atoms with Gasteiger partial charge in [0.2, 0.25) is 0 Å². The molecule has 1 fully saturated rings. The predicted molar refractivity (Wildman–Crippen MR) is 139 cm³/mol. The summed E-state index contributed by atoms with van der Waals surface area (Å²) in [6, 6.07) is 14.2. The van der Waals surface area contributed by atoms with Crippen LogP contribution in [-0.2, 0) is 6.42 Å². The third-order valence-electron chi connectivity index (χ3n) is 6.85. The Kier molecular flexibility index (Phi) is 8.14. The molecule has 1 N–H and O–H groups in total. The van der Waals surface area contributed by atoms with Crippen molar-refractivity contribution >= 4 is 5.78 Å². The van der Waals surface area contributed by atoms with E-state index in [1.165, 1.54) is 12.8 Å². The lowest BCUT2D eigenvalue weighted by atomic mass is 9.88. The fourth-order valence-electron chi connectivity index (χ4n) is 4.20. The fourth-order valence-corrected chi connectivity index (χ4v) is 4.20. The highest BCUT2D eigenvalue weighted by atomic mass is 16.4. The Balaban J connectivity index is 0.000000302. The van der Waals surface area contributed by atoms with Gasteiger partial charge in [-0.05, 0) is 61.6 Å². The van der Waals surface area contributed by atoms with Gasteiger partial charge >= 0.3 is 0 Å². The molecule has 1 aliphatic rings. The van der Waals surface area contributed by atoms with Crippen LogP contribution in [0, 0.1) is 24.7 Å². The molecule has 0 saturated heterocycles. The zero-order valence-electron chi connectivity index (χ0n) is 21.7. The van der Waals surface area contributed by atoms with Gasteiger partial charge in [-0.1, -0.05) is 70.2 Å². The summed E-state index contributed by atoms with van der Waals surface area (Å²) in [6.45, 7) is 13.8. The monoisotopic (exact) mass is 461 g/mol. The van der Waals surface area contributed by atoms with Gasteiger partial charge in [-0.15, -0.1) is 0 Å². The van der Waals surface area contributed by atoms with Crippen molar-refractivity contribution in [2.75, 3.05) is 0 Å². The maximum atomic E-state index is 12.8. The van der Waals surface area contributed by atoms with E-state index < -0.39 is 5.60 Å². The van der Waals surface area contributed by atoms with Crippen molar-refractivity contribution in [1.82, 2.24) is 4.98 Å². The lowest BCUT2D eigenvalue weighted by Gasteiger charge is -2.25. The topological polar surface area (TPSA) is 63.3 Å². The molecular formula is C30H39NO3. The lowest BCUT2D eigenvalue weighted by molar-refractivity contribution is 0.0155. The normalized spacial score (nSPS) is 14.5. The van der Waals surface area contributed by atoms with Crippen molar-refractivity contribution in [1.29, 1.82) is 0 Å². The zero-order valence-corrected chi connectivity index (χ0v) is 21.7. The summed E-state index contributed by atoms with van der Waals surface area (Å²) in [5.74, 6) is 2.87. The first-order chi connectivity index (χ1) is 16.0. The predicted octanol–water partition coefficient (Wildman–Crippen LogP) is 7.52. The van der Waals surface area contributed by atoms with Crippen molar-refractivity contribution in [2.45, 2.75) is 73.3 Å². The first kappa shape index (κ1) is 25.9. The van der Waals surface area contributed by atoms with Crippen LogP contribution in [0.15, 0.2) is 53.1 Å². The molecule has 4 heteroatoms. The molecule has 4 nitrogen and oxygen atoms in total. The molecule has 0 radical (unpaired) electrons. The first-order valence-corrected chi connectivity index (χ1v) is 12.4. The van der Waals surface area contributed by atoms with Crippen molar-refractivity contribution in [3.63, 3.8) is 0 Å². The second-order valence-corrected chi connectivity index (χ2v) is 10.3.